The SMILES string of the molecule is CC(C)(C)OC(=O)NCCC[C@@H](C(=O)OC(C)(C)C)N1CCC(C(=O)O)CC1. The van der Waals surface area contributed by atoms with Crippen LogP contribution in [0.25, 0.3) is 0 Å². The fraction of sp³-hybridized carbons (Fsp3) is 0.850. The first-order valence-electron chi connectivity index (χ1n) is 9.95. The highest BCUT2D eigenvalue weighted by Gasteiger charge is 2.34. The normalized spacial score (nSPS) is 17.6. The molecular formula is C20H36N2O6. The molecule has 0 aromatic carbocycles. The molecule has 0 saturated carbocycles. The predicted molar refractivity (Wildman–Crippen MR) is 105 cm³/mol. The summed E-state index contributed by atoms with van der Waals surface area (Å²) in [6, 6.07) is -0.450. The highest BCUT2D eigenvalue weighted by molar-refractivity contribution is 5.76. The maximum atomic E-state index is 12.7. The van der Waals surface area contributed by atoms with Crippen LogP contribution in [0.3, 0.4) is 0 Å². The molecule has 0 radical (unpaired) electrons. The number of carbonyl (C=O) groups excluding carboxylic acids is 2. The van der Waals surface area contributed by atoms with E-state index in [-0.39, 0.29) is 11.9 Å². The fourth-order valence-corrected chi connectivity index (χ4v) is 3.08. The van der Waals surface area contributed by atoms with Crippen LogP contribution in [0.1, 0.15) is 67.2 Å². The zero-order chi connectivity index (χ0) is 21.5. The van der Waals surface area contributed by atoms with Gasteiger partial charge in [-0.25, -0.2) is 4.79 Å². The van der Waals surface area contributed by atoms with Gasteiger partial charge in [0, 0.05) is 6.54 Å². The number of piperidine rings is 1. The van der Waals surface area contributed by atoms with Crippen molar-refractivity contribution in [3.05, 3.63) is 0 Å². The van der Waals surface area contributed by atoms with Gasteiger partial charge in [-0.15, -0.1) is 0 Å². The van der Waals surface area contributed by atoms with Gasteiger partial charge in [-0.3, -0.25) is 14.5 Å². The highest BCUT2D eigenvalue weighted by atomic mass is 16.6. The Labute approximate surface area is 167 Å². The van der Waals surface area contributed by atoms with Crippen LogP contribution < -0.4 is 5.32 Å². The molecular weight excluding hydrogens is 364 g/mol. The lowest BCUT2D eigenvalue weighted by Gasteiger charge is -2.36. The molecule has 8 heteroatoms. The predicted octanol–water partition coefficient (Wildman–Crippen LogP) is 2.80. The molecule has 1 amide bonds. The zero-order valence-electron chi connectivity index (χ0n) is 18.0. The third kappa shape index (κ3) is 9.39. The molecule has 0 spiro atoms. The van der Waals surface area contributed by atoms with Gasteiger partial charge < -0.3 is 19.9 Å². The minimum Gasteiger partial charge on any atom is -0.481 e. The lowest BCUT2D eigenvalue weighted by molar-refractivity contribution is -0.162. The van der Waals surface area contributed by atoms with E-state index in [4.69, 9.17) is 14.6 Å². The van der Waals surface area contributed by atoms with E-state index in [1.165, 1.54) is 0 Å². The summed E-state index contributed by atoms with van der Waals surface area (Å²) in [4.78, 5) is 37.6. The number of nitrogens with zero attached hydrogens (tertiary/aromatic N) is 1. The Kier molecular flexibility index (Phi) is 8.73. The fourth-order valence-electron chi connectivity index (χ4n) is 3.08. The zero-order valence-corrected chi connectivity index (χ0v) is 18.0. The van der Waals surface area contributed by atoms with E-state index in [0.29, 0.717) is 45.3 Å². The molecule has 1 rings (SSSR count). The van der Waals surface area contributed by atoms with E-state index in [0.717, 1.165) is 0 Å². The number of ether oxygens (including phenoxy) is 2. The molecule has 0 aromatic heterocycles. The second-order valence-electron chi connectivity index (χ2n) is 9.27. The van der Waals surface area contributed by atoms with E-state index in [2.05, 4.69) is 5.32 Å². The Morgan fingerprint density at radius 3 is 2.04 bits per heavy atom. The van der Waals surface area contributed by atoms with Crippen molar-refractivity contribution in [1.29, 1.82) is 0 Å². The molecule has 1 aliphatic rings. The Hall–Kier alpha value is -1.83. The third-order valence-corrected chi connectivity index (χ3v) is 4.32. The molecule has 0 aliphatic carbocycles. The Morgan fingerprint density at radius 1 is 1.04 bits per heavy atom. The Morgan fingerprint density at radius 2 is 1.57 bits per heavy atom. The van der Waals surface area contributed by atoms with Crippen molar-refractivity contribution in [2.45, 2.75) is 84.5 Å². The second kappa shape index (κ2) is 10.1. The average Bonchev–Trinajstić information content (AvgIpc) is 2.51. The van der Waals surface area contributed by atoms with Gasteiger partial charge in [0.1, 0.15) is 17.2 Å². The molecule has 0 aromatic rings. The Bertz CT molecular complexity index is 542. The van der Waals surface area contributed by atoms with Crippen molar-refractivity contribution in [2.75, 3.05) is 19.6 Å². The number of carboxylic acids is 1. The number of hydrogen-bond donors (Lipinski definition) is 2. The number of amides is 1. The first-order chi connectivity index (χ1) is 12.8. The van der Waals surface area contributed by atoms with Crippen LogP contribution >= 0.6 is 0 Å². The second-order valence-corrected chi connectivity index (χ2v) is 9.27. The maximum absolute atomic E-state index is 12.7. The number of nitrogens with one attached hydrogen (secondary N) is 1. The van der Waals surface area contributed by atoms with Crippen molar-refractivity contribution in [2.24, 2.45) is 5.92 Å². The topological polar surface area (TPSA) is 105 Å². The highest BCUT2D eigenvalue weighted by Crippen LogP contribution is 2.23. The molecule has 8 nitrogen and oxygen atoms in total. The number of esters is 1. The number of alkyl carbamates (subject to hydrolysis) is 1. The van der Waals surface area contributed by atoms with Crippen LogP contribution in [0, 0.1) is 5.92 Å². The summed E-state index contributed by atoms with van der Waals surface area (Å²) >= 11 is 0. The molecule has 28 heavy (non-hydrogen) atoms. The molecule has 0 bridgehead atoms. The molecule has 2 N–H and O–H groups in total. The van der Waals surface area contributed by atoms with E-state index < -0.39 is 29.3 Å². The number of rotatable bonds is 7. The summed E-state index contributed by atoms with van der Waals surface area (Å²) in [5, 5.41) is 11.9. The first kappa shape index (κ1) is 24.2. The molecule has 1 saturated heterocycles. The van der Waals surface area contributed by atoms with Crippen LogP contribution in [-0.4, -0.2) is 64.9 Å². The number of hydrogen-bond acceptors (Lipinski definition) is 6. The monoisotopic (exact) mass is 400 g/mol. The van der Waals surface area contributed by atoms with Crippen LogP contribution in [-0.2, 0) is 19.1 Å². The summed E-state index contributed by atoms with van der Waals surface area (Å²) < 4.78 is 10.8. The van der Waals surface area contributed by atoms with E-state index in [9.17, 15) is 14.4 Å². The van der Waals surface area contributed by atoms with Gasteiger partial charge in [-0.2, -0.15) is 0 Å². The molecule has 1 fully saturated rings. The van der Waals surface area contributed by atoms with Crippen molar-refractivity contribution in [3.8, 4) is 0 Å². The van der Waals surface area contributed by atoms with Crippen molar-refractivity contribution < 1.29 is 29.0 Å². The summed E-state index contributed by atoms with van der Waals surface area (Å²) in [6.07, 6.45) is 1.66. The average molecular weight is 401 g/mol. The van der Waals surface area contributed by atoms with Gasteiger partial charge in [0.2, 0.25) is 0 Å². The van der Waals surface area contributed by atoms with Crippen LogP contribution in [0.4, 0.5) is 4.79 Å². The summed E-state index contributed by atoms with van der Waals surface area (Å²) in [5.74, 6) is -1.45. The minimum atomic E-state index is -0.782. The van der Waals surface area contributed by atoms with Gasteiger partial charge in [-0.1, -0.05) is 0 Å². The molecule has 0 unspecified atom stereocenters. The number of likely N-dealkylation sites (tertiary alicyclic amines) is 1. The smallest absolute Gasteiger partial charge is 0.407 e. The van der Waals surface area contributed by atoms with Gasteiger partial charge in [-0.05, 0) is 80.3 Å². The summed E-state index contributed by atoms with van der Waals surface area (Å²) in [5.41, 5.74) is -1.15. The van der Waals surface area contributed by atoms with E-state index >= 15 is 0 Å². The molecule has 1 aliphatic heterocycles. The van der Waals surface area contributed by atoms with Crippen molar-refractivity contribution >= 4 is 18.0 Å². The van der Waals surface area contributed by atoms with Crippen molar-refractivity contribution in [3.63, 3.8) is 0 Å². The molecule has 1 atom stereocenters. The first-order valence-corrected chi connectivity index (χ1v) is 9.95. The quantitative estimate of drug-likeness (QED) is 0.500. The Balaban J connectivity index is 2.60. The largest absolute Gasteiger partial charge is 0.481 e. The third-order valence-electron chi connectivity index (χ3n) is 4.32. The molecule has 1 heterocycles. The lowest BCUT2D eigenvalue weighted by atomic mass is 9.95. The standard InChI is InChI=1S/C20H36N2O6/c1-19(2,3)27-17(25)15(22-12-9-14(10-13-22)16(23)24)8-7-11-21-18(26)28-20(4,5)6/h14-15H,7-13H2,1-6H3,(H,21,26)(H,23,24)/t15-/m0/s1. The number of carboxylic acid groups (broad SMARTS) is 1. The maximum Gasteiger partial charge on any atom is 0.407 e. The summed E-state index contributed by atoms with van der Waals surface area (Å²) in [7, 11) is 0. The number of aliphatic carboxylic acids is 1. The van der Waals surface area contributed by atoms with Gasteiger partial charge in [0.15, 0.2) is 0 Å². The van der Waals surface area contributed by atoms with Gasteiger partial charge in [0.25, 0.3) is 0 Å². The van der Waals surface area contributed by atoms with Crippen molar-refractivity contribution in [1.82, 2.24) is 10.2 Å². The lowest BCUT2D eigenvalue weighted by Crippen LogP contribution is -2.48. The van der Waals surface area contributed by atoms with Gasteiger partial charge in [0.05, 0.1) is 5.92 Å². The van der Waals surface area contributed by atoms with Crippen LogP contribution in [0.15, 0.2) is 0 Å². The van der Waals surface area contributed by atoms with E-state index in [1.54, 1.807) is 20.8 Å². The summed E-state index contributed by atoms with van der Waals surface area (Å²) in [6.45, 7) is 12.3. The van der Waals surface area contributed by atoms with E-state index in [1.807, 2.05) is 25.7 Å². The van der Waals surface area contributed by atoms with Gasteiger partial charge >= 0.3 is 18.0 Å². The molecule has 162 valence electrons. The minimum absolute atomic E-state index is 0.307. The van der Waals surface area contributed by atoms with Crippen LogP contribution in [0.5, 0.6) is 0 Å². The number of carbonyl (C=O) groups is 3. The van der Waals surface area contributed by atoms with Crippen LogP contribution in [0.2, 0.25) is 0 Å².